The molecule has 0 aliphatic rings. The van der Waals surface area contributed by atoms with Crippen LogP contribution >= 0.6 is 0 Å². The van der Waals surface area contributed by atoms with E-state index in [1.54, 1.807) is 12.1 Å². The highest BCUT2D eigenvalue weighted by Crippen LogP contribution is 2.39. The zero-order valence-corrected chi connectivity index (χ0v) is 19.3. The molecule has 2 aromatic carbocycles. The number of carbonyl (C=O) groups excluding carboxylic acids is 1. The average molecular weight is 565 g/mol. The summed E-state index contributed by atoms with van der Waals surface area (Å²) < 4.78 is 127. The molecule has 1 aromatic heterocycles. The summed E-state index contributed by atoms with van der Waals surface area (Å²) in [6.45, 7) is 0. The first-order valence-corrected chi connectivity index (χ1v) is 11.6. The van der Waals surface area contributed by atoms with Crippen LogP contribution in [-0.2, 0) is 19.9 Å². The van der Waals surface area contributed by atoms with E-state index in [4.69, 9.17) is 4.74 Å². The second kappa shape index (κ2) is 10.3. The number of hydrogen-bond donors (Lipinski definition) is 1. The van der Waals surface area contributed by atoms with Crippen molar-refractivity contribution in [3.63, 3.8) is 0 Å². The normalized spacial score (nSPS) is 12.9. The van der Waals surface area contributed by atoms with E-state index >= 15 is 0 Å². The Balaban J connectivity index is 1.79. The summed E-state index contributed by atoms with van der Waals surface area (Å²) in [5.74, 6) is -11.0. The van der Waals surface area contributed by atoms with Crippen LogP contribution in [0.4, 0.5) is 30.7 Å². The number of aromatic nitrogens is 1. The minimum atomic E-state index is -6.29. The minimum Gasteiger partial charge on any atom is -0.504 e. The van der Waals surface area contributed by atoms with Crippen molar-refractivity contribution in [2.45, 2.75) is 17.4 Å². The Morgan fingerprint density at radius 3 is 2.16 bits per heavy atom. The van der Waals surface area contributed by atoms with Crippen LogP contribution in [-0.4, -0.2) is 36.6 Å². The lowest BCUT2D eigenvalue weighted by molar-refractivity contribution is -0.276. The number of phenols is 1. The van der Waals surface area contributed by atoms with Gasteiger partial charge in [0, 0.05) is 23.2 Å². The van der Waals surface area contributed by atoms with Crippen molar-refractivity contribution < 1.29 is 58.5 Å². The van der Waals surface area contributed by atoms with Crippen LogP contribution in [0.25, 0.3) is 6.08 Å². The SMILES string of the molecule is O=C(Oc1cc(/C=C/S(=O)(=O)C(F)(F)c2ccc(Oc3ccccn3)cc2)ccc1O)C(F)(F)C(F)(F)F. The number of carbonyl (C=O) groups is 1. The molecule has 3 aromatic rings. The number of halogens is 7. The van der Waals surface area contributed by atoms with Gasteiger partial charge in [0.2, 0.25) is 15.7 Å². The Kier molecular flexibility index (Phi) is 7.72. The average Bonchev–Trinajstić information content (AvgIpc) is 2.84. The summed E-state index contributed by atoms with van der Waals surface area (Å²) in [5.41, 5.74) is -1.34. The van der Waals surface area contributed by atoms with Gasteiger partial charge in [0.25, 0.3) is 0 Å². The van der Waals surface area contributed by atoms with Gasteiger partial charge in [-0.1, -0.05) is 12.1 Å². The number of alkyl halides is 7. The first-order chi connectivity index (χ1) is 17.5. The van der Waals surface area contributed by atoms with E-state index in [1.165, 1.54) is 12.3 Å². The van der Waals surface area contributed by atoms with Crippen LogP contribution in [0.2, 0.25) is 0 Å². The third kappa shape index (κ3) is 6.04. The maximum Gasteiger partial charge on any atom is 0.465 e. The molecule has 0 saturated carbocycles. The van der Waals surface area contributed by atoms with Gasteiger partial charge in [0.15, 0.2) is 11.5 Å². The van der Waals surface area contributed by atoms with Crippen LogP contribution in [0.5, 0.6) is 23.1 Å². The van der Waals surface area contributed by atoms with Crippen LogP contribution in [0, 0.1) is 0 Å². The van der Waals surface area contributed by atoms with Gasteiger partial charge in [-0.25, -0.2) is 18.2 Å². The van der Waals surface area contributed by atoms with Gasteiger partial charge in [-0.3, -0.25) is 0 Å². The molecule has 0 spiro atoms. The molecule has 202 valence electrons. The number of pyridine rings is 1. The smallest absolute Gasteiger partial charge is 0.465 e. The number of hydrogen-bond acceptors (Lipinski definition) is 7. The number of rotatable bonds is 8. The largest absolute Gasteiger partial charge is 0.504 e. The quantitative estimate of drug-likeness (QED) is 0.209. The molecule has 0 radical (unpaired) electrons. The highest BCUT2D eigenvalue weighted by molar-refractivity contribution is 7.95. The number of benzene rings is 2. The zero-order chi connectivity index (χ0) is 28.4. The number of aromatic hydroxyl groups is 1. The van der Waals surface area contributed by atoms with Crippen molar-refractivity contribution in [2.75, 3.05) is 0 Å². The van der Waals surface area contributed by atoms with E-state index in [9.17, 15) is 49.1 Å². The monoisotopic (exact) mass is 565 g/mol. The summed E-state index contributed by atoms with van der Waals surface area (Å²) >= 11 is 0. The van der Waals surface area contributed by atoms with Gasteiger partial charge in [-0.2, -0.15) is 30.7 Å². The zero-order valence-electron chi connectivity index (χ0n) is 18.5. The van der Waals surface area contributed by atoms with Crippen LogP contribution in [0.15, 0.2) is 72.3 Å². The van der Waals surface area contributed by atoms with Crippen molar-refractivity contribution in [3.8, 4) is 23.1 Å². The number of sulfone groups is 1. The highest BCUT2D eigenvalue weighted by atomic mass is 32.2. The third-order valence-electron chi connectivity index (χ3n) is 4.65. The van der Waals surface area contributed by atoms with E-state index < -0.39 is 55.8 Å². The van der Waals surface area contributed by atoms with Crippen LogP contribution < -0.4 is 9.47 Å². The molecule has 3 rings (SSSR count). The number of phenolic OH excluding ortho intramolecular Hbond substituents is 1. The molecule has 0 saturated heterocycles. The van der Waals surface area contributed by atoms with Gasteiger partial charge in [0.05, 0.1) is 0 Å². The van der Waals surface area contributed by atoms with Gasteiger partial charge >= 0.3 is 23.3 Å². The number of ether oxygens (including phenoxy) is 2. The fraction of sp³-hybridized carbons (Fsp3) is 0.130. The topological polar surface area (TPSA) is 103 Å². The molecular weight excluding hydrogens is 551 g/mol. The summed E-state index contributed by atoms with van der Waals surface area (Å²) in [5, 5.41) is 5.18. The maximum absolute atomic E-state index is 14.8. The fourth-order valence-corrected chi connectivity index (χ4v) is 3.63. The summed E-state index contributed by atoms with van der Waals surface area (Å²) in [7, 11) is -5.38. The van der Waals surface area contributed by atoms with Crippen LogP contribution in [0.1, 0.15) is 11.1 Å². The van der Waals surface area contributed by atoms with E-state index in [2.05, 4.69) is 9.72 Å². The molecule has 0 bridgehead atoms. The Labute approximate surface area is 209 Å². The summed E-state index contributed by atoms with van der Waals surface area (Å²) in [4.78, 5) is 15.1. The maximum atomic E-state index is 14.8. The van der Waals surface area contributed by atoms with Gasteiger partial charge < -0.3 is 14.6 Å². The van der Waals surface area contributed by atoms with E-state index in [0.29, 0.717) is 18.2 Å². The summed E-state index contributed by atoms with van der Waals surface area (Å²) in [6, 6.07) is 10.5. The first kappa shape index (κ1) is 28.4. The van der Waals surface area contributed by atoms with Crippen molar-refractivity contribution in [1.82, 2.24) is 4.98 Å². The summed E-state index contributed by atoms with van der Waals surface area (Å²) in [6.07, 6.45) is -4.34. The second-order valence-electron chi connectivity index (χ2n) is 7.35. The Bertz CT molecular complexity index is 1440. The van der Waals surface area contributed by atoms with Crippen LogP contribution in [0.3, 0.4) is 0 Å². The lowest BCUT2D eigenvalue weighted by atomic mass is 10.2. The molecule has 0 aliphatic heterocycles. The molecule has 1 heterocycles. The third-order valence-corrected chi connectivity index (χ3v) is 6.09. The number of esters is 1. The Hall–Kier alpha value is -4.14. The molecule has 15 heteroatoms. The first-order valence-electron chi connectivity index (χ1n) is 10.0. The Morgan fingerprint density at radius 2 is 1.58 bits per heavy atom. The molecule has 0 unspecified atom stereocenters. The lowest BCUT2D eigenvalue weighted by Crippen LogP contribution is -2.46. The molecule has 0 atom stereocenters. The van der Waals surface area contributed by atoms with E-state index in [-0.39, 0.29) is 17.0 Å². The van der Waals surface area contributed by atoms with Crippen molar-refractivity contribution in [1.29, 1.82) is 0 Å². The van der Waals surface area contributed by atoms with Crippen molar-refractivity contribution in [2.24, 2.45) is 0 Å². The molecule has 1 N–H and O–H groups in total. The molecular formula is C23H14F7NO6S. The molecule has 0 fully saturated rings. The highest BCUT2D eigenvalue weighted by Gasteiger charge is 2.65. The predicted octanol–water partition coefficient (Wildman–Crippen LogP) is 5.82. The second-order valence-corrected chi connectivity index (χ2v) is 9.22. The molecule has 7 nitrogen and oxygen atoms in total. The van der Waals surface area contributed by atoms with E-state index in [0.717, 1.165) is 30.3 Å². The fourth-order valence-electron chi connectivity index (χ4n) is 2.66. The Morgan fingerprint density at radius 1 is 0.921 bits per heavy atom. The lowest BCUT2D eigenvalue weighted by Gasteiger charge is -2.18. The standard InChI is InChI=1S/C23H14F7NO6S/c24-21(25,23(28,29)30)20(33)37-18-13-14(4-9-17(18)32)10-12-38(34,35)22(26,27)15-5-7-16(8-6-15)36-19-3-1-2-11-31-19/h1-13,32H/b12-10+. The van der Waals surface area contributed by atoms with E-state index in [1.807, 2.05) is 0 Å². The van der Waals surface area contributed by atoms with Gasteiger partial charge in [0.1, 0.15) is 5.75 Å². The van der Waals surface area contributed by atoms with Crippen molar-refractivity contribution >= 4 is 21.9 Å². The predicted molar refractivity (Wildman–Crippen MR) is 117 cm³/mol. The number of nitrogens with zero attached hydrogens (tertiary/aromatic N) is 1. The molecule has 0 amide bonds. The van der Waals surface area contributed by atoms with Gasteiger partial charge in [-0.15, -0.1) is 0 Å². The van der Waals surface area contributed by atoms with Crippen molar-refractivity contribution in [3.05, 3.63) is 83.4 Å². The van der Waals surface area contributed by atoms with Gasteiger partial charge in [-0.05, 0) is 54.1 Å². The molecule has 0 aliphatic carbocycles. The minimum absolute atomic E-state index is 0.0492. The molecule has 38 heavy (non-hydrogen) atoms.